The molecule has 21 heavy (non-hydrogen) atoms. The highest BCUT2D eigenvalue weighted by Crippen LogP contribution is 2.35. The summed E-state index contributed by atoms with van der Waals surface area (Å²) in [5, 5.41) is 11.7. The number of nitrogens with two attached hydrogens (primary N) is 2. The molecule has 0 atom stereocenters. The van der Waals surface area contributed by atoms with Gasteiger partial charge in [-0.2, -0.15) is 4.98 Å². The summed E-state index contributed by atoms with van der Waals surface area (Å²) in [6.45, 7) is 1.50. The maximum absolute atomic E-state index is 8.58. The van der Waals surface area contributed by atoms with Crippen LogP contribution >= 0.6 is 24.8 Å². The van der Waals surface area contributed by atoms with Crippen molar-refractivity contribution in [3.05, 3.63) is 11.8 Å². The Balaban J connectivity index is 0.00000200. The lowest BCUT2D eigenvalue weighted by Crippen LogP contribution is -2.35. The molecule has 0 spiro atoms. The van der Waals surface area contributed by atoms with E-state index in [1.807, 2.05) is 6.07 Å². The van der Waals surface area contributed by atoms with Crippen molar-refractivity contribution in [2.75, 3.05) is 37.4 Å². The first kappa shape index (κ1) is 20.1. The normalized spacial score (nSPS) is 19.9. The smallest absolute Gasteiger partial charge is 0.222 e. The molecule has 0 aliphatic heterocycles. The topological polar surface area (TPSA) is 119 Å². The first-order valence-corrected chi connectivity index (χ1v) is 6.51. The lowest BCUT2D eigenvalue weighted by molar-refractivity contribution is 0.0992. The Labute approximate surface area is 136 Å². The predicted molar refractivity (Wildman–Crippen MR) is 87.3 cm³/mol. The molecule has 1 aliphatic carbocycles. The third kappa shape index (κ3) is 6.19. The van der Waals surface area contributed by atoms with Gasteiger partial charge in [0.25, 0.3) is 0 Å². The summed E-state index contributed by atoms with van der Waals surface area (Å²) in [6, 6.07) is 2.20. The molecule has 1 saturated carbocycles. The van der Waals surface area contributed by atoms with Crippen LogP contribution in [0.3, 0.4) is 0 Å². The van der Waals surface area contributed by atoms with Crippen molar-refractivity contribution >= 4 is 36.6 Å². The molecule has 0 amide bonds. The third-order valence-corrected chi connectivity index (χ3v) is 3.14. The summed E-state index contributed by atoms with van der Waals surface area (Å²) >= 11 is 0. The summed E-state index contributed by atoms with van der Waals surface area (Å²) in [6.07, 6.45) is 1.91. The summed E-state index contributed by atoms with van der Waals surface area (Å²) < 4.78 is 5.16. The van der Waals surface area contributed by atoms with Gasteiger partial charge in [-0.05, 0) is 12.8 Å². The van der Waals surface area contributed by atoms with Crippen LogP contribution in [-0.2, 0) is 4.74 Å². The molecule has 2 rings (SSSR count). The van der Waals surface area contributed by atoms with E-state index in [-0.39, 0.29) is 43.4 Å². The largest absolute Gasteiger partial charge is 0.394 e. The van der Waals surface area contributed by atoms with Crippen LogP contribution in [0.25, 0.3) is 0 Å². The van der Waals surface area contributed by atoms with E-state index in [9.17, 15) is 0 Å². The number of ether oxygens (including phenoxy) is 1. The minimum absolute atomic E-state index is 0. The van der Waals surface area contributed by atoms with Gasteiger partial charge in [0.05, 0.1) is 25.5 Å². The van der Waals surface area contributed by atoms with E-state index >= 15 is 0 Å². The van der Waals surface area contributed by atoms with Gasteiger partial charge in [0.1, 0.15) is 5.82 Å². The Bertz CT molecular complexity index is 419. The predicted octanol–water partition coefficient (Wildman–Crippen LogP) is 0.528. The van der Waals surface area contributed by atoms with Gasteiger partial charge in [0, 0.05) is 24.6 Å². The van der Waals surface area contributed by atoms with E-state index in [0.717, 1.165) is 18.5 Å². The fraction of sp³-hybridized carbons (Fsp3) is 0.667. The number of hydrogen-bond donors (Lipinski definition) is 4. The molecule has 1 aromatic heterocycles. The van der Waals surface area contributed by atoms with Gasteiger partial charge >= 0.3 is 0 Å². The maximum atomic E-state index is 8.58. The Morgan fingerprint density at radius 2 is 2.00 bits per heavy atom. The van der Waals surface area contributed by atoms with Gasteiger partial charge in [0.15, 0.2) is 0 Å². The molecule has 0 unspecified atom stereocenters. The zero-order valence-corrected chi connectivity index (χ0v) is 13.3. The molecule has 0 radical (unpaired) electrons. The highest BCUT2D eigenvalue weighted by molar-refractivity contribution is 5.85. The van der Waals surface area contributed by atoms with Gasteiger partial charge in [-0.1, -0.05) is 0 Å². The number of aliphatic hydroxyl groups excluding tert-OH is 1. The first-order chi connectivity index (χ1) is 9.19. The van der Waals surface area contributed by atoms with Crippen molar-refractivity contribution in [2.45, 2.75) is 24.8 Å². The third-order valence-electron chi connectivity index (χ3n) is 3.14. The zero-order valence-electron chi connectivity index (χ0n) is 11.7. The van der Waals surface area contributed by atoms with Crippen molar-refractivity contribution in [1.82, 2.24) is 9.97 Å². The van der Waals surface area contributed by atoms with Crippen LogP contribution in [0.1, 0.15) is 24.5 Å². The quantitative estimate of drug-likeness (QED) is 0.535. The summed E-state index contributed by atoms with van der Waals surface area (Å²) in [5.41, 5.74) is 12.4. The number of anilines is 2. The van der Waals surface area contributed by atoms with E-state index in [4.69, 9.17) is 21.3 Å². The standard InChI is InChI=1S/C12H21N5O2.2ClH/c13-9-5-8(6-9)10-7-11(17-12(14)16-10)15-1-3-19-4-2-18;;/h7-9,18H,1-6,13H2,(H3,14,15,16,17);2*1H. The number of rotatable bonds is 7. The molecule has 6 N–H and O–H groups in total. The molecular weight excluding hydrogens is 317 g/mol. The molecule has 1 aromatic rings. The Kier molecular flexibility index (Phi) is 9.56. The molecule has 1 fully saturated rings. The van der Waals surface area contributed by atoms with Crippen LogP contribution in [0, 0.1) is 0 Å². The van der Waals surface area contributed by atoms with Crippen LogP contribution in [0.4, 0.5) is 11.8 Å². The molecule has 0 aromatic carbocycles. The molecule has 9 heteroatoms. The van der Waals surface area contributed by atoms with Gasteiger partial charge in [-0.25, -0.2) is 4.98 Å². The fourth-order valence-electron chi connectivity index (χ4n) is 2.11. The van der Waals surface area contributed by atoms with Crippen molar-refractivity contribution in [3.8, 4) is 0 Å². The second-order valence-corrected chi connectivity index (χ2v) is 4.73. The second kappa shape index (κ2) is 9.97. The Morgan fingerprint density at radius 1 is 1.29 bits per heavy atom. The van der Waals surface area contributed by atoms with Crippen LogP contribution < -0.4 is 16.8 Å². The molecule has 1 heterocycles. The number of nitrogens with zero attached hydrogens (tertiary/aromatic N) is 2. The van der Waals surface area contributed by atoms with E-state index in [1.165, 1.54) is 0 Å². The Hall–Kier alpha value is -0.860. The average Bonchev–Trinajstić information content (AvgIpc) is 2.34. The fourth-order valence-corrected chi connectivity index (χ4v) is 2.11. The minimum Gasteiger partial charge on any atom is -0.394 e. The minimum atomic E-state index is 0. The highest BCUT2D eigenvalue weighted by Gasteiger charge is 2.28. The molecule has 0 bridgehead atoms. The van der Waals surface area contributed by atoms with Crippen LogP contribution in [0.5, 0.6) is 0 Å². The number of hydrogen-bond acceptors (Lipinski definition) is 7. The van der Waals surface area contributed by atoms with E-state index in [0.29, 0.717) is 31.5 Å². The van der Waals surface area contributed by atoms with Crippen molar-refractivity contribution in [3.63, 3.8) is 0 Å². The van der Waals surface area contributed by atoms with Gasteiger partial charge < -0.3 is 26.6 Å². The lowest BCUT2D eigenvalue weighted by Gasteiger charge is -2.32. The maximum Gasteiger partial charge on any atom is 0.222 e. The summed E-state index contributed by atoms with van der Waals surface area (Å²) in [4.78, 5) is 8.39. The first-order valence-electron chi connectivity index (χ1n) is 6.51. The zero-order chi connectivity index (χ0) is 13.7. The average molecular weight is 340 g/mol. The SMILES string of the molecule is Cl.Cl.Nc1nc(NCCOCCO)cc(C2CC(N)C2)n1. The van der Waals surface area contributed by atoms with Gasteiger partial charge in [-0.15, -0.1) is 24.8 Å². The monoisotopic (exact) mass is 339 g/mol. The number of nitrogens with one attached hydrogen (secondary N) is 1. The van der Waals surface area contributed by atoms with Gasteiger partial charge in [0.2, 0.25) is 5.95 Å². The number of halogens is 2. The number of aromatic nitrogens is 2. The van der Waals surface area contributed by atoms with Crippen LogP contribution in [0.15, 0.2) is 6.07 Å². The van der Waals surface area contributed by atoms with E-state index in [2.05, 4.69) is 15.3 Å². The lowest BCUT2D eigenvalue weighted by atomic mass is 9.78. The molecule has 1 aliphatic rings. The van der Waals surface area contributed by atoms with Gasteiger partial charge in [-0.3, -0.25) is 0 Å². The molecular formula is C12H23Cl2N5O2. The second-order valence-electron chi connectivity index (χ2n) is 4.73. The number of nitrogen functional groups attached to an aromatic ring is 1. The Morgan fingerprint density at radius 3 is 2.62 bits per heavy atom. The molecule has 122 valence electrons. The summed E-state index contributed by atoms with van der Waals surface area (Å²) in [5.74, 6) is 1.37. The van der Waals surface area contributed by atoms with Crippen molar-refractivity contribution in [2.24, 2.45) is 5.73 Å². The van der Waals surface area contributed by atoms with Crippen LogP contribution in [0.2, 0.25) is 0 Å². The van der Waals surface area contributed by atoms with Crippen molar-refractivity contribution < 1.29 is 9.84 Å². The summed E-state index contributed by atoms with van der Waals surface area (Å²) in [7, 11) is 0. The highest BCUT2D eigenvalue weighted by atomic mass is 35.5. The van der Waals surface area contributed by atoms with E-state index in [1.54, 1.807) is 0 Å². The van der Waals surface area contributed by atoms with E-state index < -0.39 is 0 Å². The van der Waals surface area contributed by atoms with Crippen molar-refractivity contribution in [1.29, 1.82) is 0 Å². The van der Waals surface area contributed by atoms with Crippen LogP contribution in [-0.4, -0.2) is 47.5 Å². The molecule has 0 saturated heterocycles. The number of aliphatic hydroxyl groups is 1. The molecule has 7 nitrogen and oxygen atoms in total.